The highest BCUT2D eigenvalue weighted by Crippen LogP contribution is 2.37. The van der Waals surface area contributed by atoms with E-state index in [4.69, 9.17) is 10.5 Å². The smallest absolute Gasteiger partial charge is 0.433 e. The average molecular weight is 473 g/mol. The summed E-state index contributed by atoms with van der Waals surface area (Å²) in [5.74, 6) is -0.0423. The predicted molar refractivity (Wildman–Crippen MR) is 125 cm³/mol. The van der Waals surface area contributed by atoms with E-state index in [2.05, 4.69) is 26.9 Å². The summed E-state index contributed by atoms with van der Waals surface area (Å²) in [6.45, 7) is 2.58. The van der Waals surface area contributed by atoms with Crippen LogP contribution in [0, 0.1) is 0 Å². The van der Waals surface area contributed by atoms with Gasteiger partial charge >= 0.3 is 6.18 Å². The number of primary amides is 1. The SMILES string of the molecule is COc1ccc(N2CCN(CCC(N)=O)[C@@H](Cc3ccccc3)C2)c2ccc(C(F)(F)F)nc12. The quantitative estimate of drug-likeness (QED) is 0.565. The summed E-state index contributed by atoms with van der Waals surface area (Å²) in [6, 6.07) is 16.2. The molecule has 1 aliphatic heterocycles. The molecule has 0 bridgehead atoms. The summed E-state index contributed by atoms with van der Waals surface area (Å²) in [7, 11) is 1.42. The third kappa shape index (κ3) is 5.25. The number of hydrogen-bond acceptors (Lipinski definition) is 5. The average Bonchev–Trinajstić information content (AvgIpc) is 2.82. The molecule has 2 heterocycles. The molecule has 1 amide bonds. The van der Waals surface area contributed by atoms with Gasteiger partial charge in [0.1, 0.15) is 17.0 Å². The van der Waals surface area contributed by atoms with E-state index in [0.29, 0.717) is 37.3 Å². The molecule has 1 saturated heterocycles. The minimum atomic E-state index is -4.54. The van der Waals surface area contributed by atoms with Crippen molar-refractivity contribution in [2.24, 2.45) is 5.73 Å². The lowest BCUT2D eigenvalue weighted by Crippen LogP contribution is -2.54. The molecule has 180 valence electrons. The van der Waals surface area contributed by atoms with E-state index in [1.165, 1.54) is 18.7 Å². The van der Waals surface area contributed by atoms with Crippen LogP contribution in [0.5, 0.6) is 5.75 Å². The first-order valence-corrected chi connectivity index (χ1v) is 11.1. The highest BCUT2D eigenvalue weighted by molar-refractivity contribution is 5.96. The lowest BCUT2D eigenvalue weighted by atomic mass is 10.0. The number of aromatic nitrogens is 1. The Labute approximate surface area is 196 Å². The summed E-state index contributed by atoms with van der Waals surface area (Å²) in [5, 5.41) is 0.608. The fourth-order valence-corrected chi connectivity index (χ4v) is 4.52. The maximum Gasteiger partial charge on any atom is 0.433 e. The zero-order valence-corrected chi connectivity index (χ0v) is 18.9. The van der Waals surface area contributed by atoms with Crippen LogP contribution in [0.25, 0.3) is 10.9 Å². The Morgan fingerprint density at radius 3 is 2.56 bits per heavy atom. The number of nitrogens with two attached hydrogens (primary N) is 1. The van der Waals surface area contributed by atoms with Crippen LogP contribution in [0.15, 0.2) is 54.6 Å². The number of methoxy groups -OCH3 is 1. The number of ether oxygens (including phenoxy) is 1. The van der Waals surface area contributed by atoms with E-state index >= 15 is 0 Å². The fourth-order valence-electron chi connectivity index (χ4n) is 4.52. The van der Waals surface area contributed by atoms with Gasteiger partial charge in [0.2, 0.25) is 5.91 Å². The molecule has 34 heavy (non-hydrogen) atoms. The Kier molecular flexibility index (Phi) is 6.92. The van der Waals surface area contributed by atoms with Crippen molar-refractivity contribution >= 4 is 22.5 Å². The van der Waals surface area contributed by atoms with Gasteiger partial charge in [-0.25, -0.2) is 4.98 Å². The molecule has 0 radical (unpaired) electrons. The lowest BCUT2D eigenvalue weighted by Gasteiger charge is -2.43. The summed E-state index contributed by atoms with van der Waals surface area (Å²) in [5.41, 5.74) is 6.60. The Hall–Kier alpha value is -3.33. The lowest BCUT2D eigenvalue weighted by molar-refractivity contribution is -0.141. The van der Waals surface area contributed by atoms with Crippen LogP contribution in [0.1, 0.15) is 17.7 Å². The van der Waals surface area contributed by atoms with Crippen LogP contribution < -0.4 is 15.4 Å². The summed E-state index contributed by atoms with van der Waals surface area (Å²) in [4.78, 5) is 19.7. The van der Waals surface area contributed by atoms with Gasteiger partial charge in [0, 0.05) is 49.7 Å². The molecule has 6 nitrogen and oxygen atoms in total. The van der Waals surface area contributed by atoms with Crippen LogP contribution in [0.3, 0.4) is 0 Å². The standard InChI is InChI=1S/C25H27F3N4O2/c1-34-21-9-8-20(19-7-10-22(25(26,27)28)30-24(19)21)32-14-13-31(12-11-23(29)33)18(16-32)15-17-5-3-2-4-6-17/h2-10,18H,11-16H2,1H3,(H2,29,33)/t18-/m0/s1. The Morgan fingerprint density at radius 1 is 1.12 bits per heavy atom. The highest BCUT2D eigenvalue weighted by Gasteiger charge is 2.34. The largest absolute Gasteiger partial charge is 0.494 e. The molecule has 9 heteroatoms. The highest BCUT2D eigenvalue weighted by atomic mass is 19.4. The molecule has 1 atom stereocenters. The second-order valence-corrected chi connectivity index (χ2v) is 8.42. The minimum Gasteiger partial charge on any atom is -0.494 e. The first kappa shape index (κ1) is 23.8. The molecule has 3 aromatic rings. The van der Waals surface area contributed by atoms with Crippen LogP contribution in [0.2, 0.25) is 0 Å². The number of hydrogen-bond donors (Lipinski definition) is 1. The van der Waals surface area contributed by atoms with Gasteiger partial charge in [-0.3, -0.25) is 9.69 Å². The van der Waals surface area contributed by atoms with Gasteiger partial charge in [-0.2, -0.15) is 13.2 Å². The number of carbonyl (C=O) groups excluding carboxylic acids is 1. The van der Waals surface area contributed by atoms with Crippen molar-refractivity contribution in [3.63, 3.8) is 0 Å². The van der Waals surface area contributed by atoms with Crippen LogP contribution in [-0.4, -0.2) is 55.1 Å². The van der Waals surface area contributed by atoms with Crippen molar-refractivity contribution in [2.45, 2.75) is 25.1 Å². The van der Waals surface area contributed by atoms with Gasteiger partial charge in [-0.15, -0.1) is 0 Å². The number of piperazine rings is 1. The number of nitrogens with zero attached hydrogens (tertiary/aromatic N) is 3. The van der Waals surface area contributed by atoms with Crippen molar-refractivity contribution < 1.29 is 22.7 Å². The Bertz CT molecular complexity index is 1150. The number of rotatable bonds is 7. The Morgan fingerprint density at radius 2 is 1.88 bits per heavy atom. The number of anilines is 1. The van der Waals surface area contributed by atoms with Gasteiger partial charge < -0.3 is 15.4 Å². The van der Waals surface area contributed by atoms with Crippen molar-refractivity contribution in [1.29, 1.82) is 0 Å². The maximum absolute atomic E-state index is 13.3. The first-order chi connectivity index (χ1) is 16.3. The molecule has 1 aliphatic rings. The van der Waals surface area contributed by atoms with Gasteiger partial charge in [0.05, 0.1) is 7.11 Å². The molecule has 1 fully saturated rings. The van der Waals surface area contributed by atoms with E-state index < -0.39 is 11.9 Å². The Balaban J connectivity index is 1.66. The third-order valence-electron chi connectivity index (χ3n) is 6.21. The zero-order valence-electron chi connectivity index (χ0n) is 18.9. The molecule has 2 N–H and O–H groups in total. The first-order valence-electron chi connectivity index (χ1n) is 11.1. The molecule has 2 aromatic carbocycles. The van der Waals surface area contributed by atoms with Crippen molar-refractivity contribution in [2.75, 3.05) is 38.2 Å². The van der Waals surface area contributed by atoms with Gasteiger partial charge in [-0.05, 0) is 36.2 Å². The van der Waals surface area contributed by atoms with Crippen LogP contribution >= 0.6 is 0 Å². The van der Waals surface area contributed by atoms with E-state index in [0.717, 1.165) is 18.2 Å². The molecular weight excluding hydrogens is 445 g/mol. The number of amides is 1. The van der Waals surface area contributed by atoms with Gasteiger partial charge in [0.25, 0.3) is 0 Å². The second-order valence-electron chi connectivity index (χ2n) is 8.42. The van der Waals surface area contributed by atoms with Gasteiger partial charge in [-0.1, -0.05) is 30.3 Å². The fraction of sp³-hybridized carbons (Fsp3) is 0.360. The molecule has 0 saturated carbocycles. The molecule has 1 aromatic heterocycles. The summed E-state index contributed by atoms with van der Waals surface area (Å²) in [6.07, 6.45) is -3.48. The summed E-state index contributed by atoms with van der Waals surface area (Å²) >= 11 is 0. The number of carbonyl (C=O) groups is 1. The van der Waals surface area contributed by atoms with Crippen LogP contribution in [0.4, 0.5) is 18.9 Å². The van der Waals surface area contributed by atoms with Crippen LogP contribution in [-0.2, 0) is 17.4 Å². The zero-order chi connectivity index (χ0) is 24.3. The second kappa shape index (κ2) is 9.89. The predicted octanol–water partition coefficient (Wildman–Crippen LogP) is 3.87. The molecule has 0 spiro atoms. The van der Waals surface area contributed by atoms with Crippen molar-refractivity contribution in [1.82, 2.24) is 9.88 Å². The number of alkyl halides is 3. The third-order valence-corrected chi connectivity index (χ3v) is 6.21. The maximum atomic E-state index is 13.3. The van der Waals surface area contributed by atoms with E-state index in [1.807, 2.05) is 24.3 Å². The van der Waals surface area contributed by atoms with Gasteiger partial charge in [0.15, 0.2) is 0 Å². The van der Waals surface area contributed by atoms with E-state index in [1.54, 1.807) is 6.07 Å². The summed E-state index contributed by atoms with van der Waals surface area (Å²) < 4.78 is 45.2. The van der Waals surface area contributed by atoms with E-state index in [9.17, 15) is 18.0 Å². The minimum absolute atomic E-state index is 0.107. The number of fused-ring (bicyclic) bond motifs is 1. The number of pyridine rings is 1. The number of halogens is 3. The van der Waals surface area contributed by atoms with Crippen molar-refractivity contribution in [3.05, 3.63) is 65.9 Å². The normalized spacial score (nSPS) is 17.2. The molecule has 0 unspecified atom stereocenters. The molecule has 0 aliphatic carbocycles. The van der Waals surface area contributed by atoms with Crippen molar-refractivity contribution in [3.8, 4) is 5.75 Å². The molecule has 4 rings (SSSR count). The molecular formula is C25H27F3N4O2. The topological polar surface area (TPSA) is 71.7 Å². The van der Waals surface area contributed by atoms with E-state index in [-0.39, 0.29) is 23.9 Å². The monoisotopic (exact) mass is 472 g/mol. The number of benzene rings is 2.